The van der Waals surface area contributed by atoms with E-state index < -0.39 is 0 Å². The zero-order valence-electron chi connectivity index (χ0n) is 7.71. The van der Waals surface area contributed by atoms with Gasteiger partial charge in [-0.2, -0.15) is 0 Å². The van der Waals surface area contributed by atoms with Crippen LogP contribution in [-0.4, -0.2) is 12.6 Å². The highest BCUT2D eigenvalue weighted by atomic mass is 14.9. The van der Waals surface area contributed by atoms with Gasteiger partial charge in [0.25, 0.3) is 0 Å². The quantitative estimate of drug-likeness (QED) is 0.607. The fraction of sp³-hybridized carbons (Fsp3) is 1.00. The van der Waals surface area contributed by atoms with E-state index in [0.717, 1.165) is 0 Å². The van der Waals surface area contributed by atoms with Crippen molar-refractivity contribution in [3.63, 3.8) is 0 Å². The highest BCUT2D eigenvalue weighted by molar-refractivity contribution is 4.71. The molecule has 0 aliphatic rings. The van der Waals surface area contributed by atoms with E-state index in [2.05, 4.69) is 26.1 Å². The van der Waals surface area contributed by atoms with Crippen molar-refractivity contribution < 1.29 is 0 Å². The topological polar surface area (TPSA) is 12.0 Å². The molecule has 0 unspecified atom stereocenters. The van der Waals surface area contributed by atoms with Crippen LogP contribution in [0.25, 0.3) is 0 Å². The molecule has 0 saturated carbocycles. The van der Waals surface area contributed by atoms with Crippen molar-refractivity contribution in [3.05, 3.63) is 0 Å². The van der Waals surface area contributed by atoms with E-state index in [-0.39, 0.29) is 0 Å². The lowest BCUT2D eigenvalue weighted by molar-refractivity contribution is 0.411. The Kier molecular flexibility index (Phi) is 7.92. The van der Waals surface area contributed by atoms with Crippen molar-refractivity contribution in [1.29, 1.82) is 0 Å². The fourth-order valence-electron chi connectivity index (χ4n) is 0.177. The van der Waals surface area contributed by atoms with Crippen LogP contribution < -0.4 is 5.32 Å². The molecule has 0 spiro atoms. The van der Waals surface area contributed by atoms with Gasteiger partial charge in [-0.15, -0.1) is 0 Å². The molecular formula is C8H21N. The molecule has 9 heavy (non-hydrogen) atoms. The van der Waals surface area contributed by atoms with Gasteiger partial charge in [-0.05, 0) is 27.3 Å². The van der Waals surface area contributed by atoms with Gasteiger partial charge in [-0.3, -0.25) is 0 Å². The van der Waals surface area contributed by atoms with Gasteiger partial charge in [0.05, 0.1) is 0 Å². The molecule has 0 aliphatic carbocycles. The number of hydrogen-bond donors (Lipinski definition) is 1. The second kappa shape index (κ2) is 6.09. The van der Waals surface area contributed by atoms with Gasteiger partial charge in [0.1, 0.15) is 0 Å². The number of nitrogens with one attached hydrogen (secondary N) is 1. The Morgan fingerprint density at radius 2 is 1.56 bits per heavy atom. The van der Waals surface area contributed by atoms with Crippen LogP contribution >= 0.6 is 0 Å². The Hall–Kier alpha value is -0.0400. The van der Waals surface area contributed by atoms with E-state index in [0.29, 0.717) is 5.54 Å². The van der Waals surface area contributed by atoms with Crippen LogP contribution in [0.1, 0.15) is 41.0 Å². The molecular weight excluding hydrogens is 110 g/mol. The average Bonchev–Trinajstić information content (AvgIpc) is 1.93. The summed E-state index contributed by atoms with van der Waals surface area (Å²) in [7, 11) is 1.99. The molecule has 1 nitrogen and oxygen atoms in total. The second-order valence-corrected chi connectivity index (χ2v) is 2.49. The normalized spacial score (nSPS) is 10.0. The maximum absolute atomic E-state index is 3.19. The third-order valence-corrected chi connectivity index (χ3v) is 1.56. The SMILES string of the molecule is CC.CCC(C)(C)NC. The van der Waals surface area contributed by atoms with E-state index in [4.69, 9.17) is 0 Å². The summed E-state index contributed by atoms with van der Waals surface area (Å²) in [6.45, 7) is 10.6. The molecule has 0 bridgehead atoms. The molecule has 1 heteroatoms. The first-order chi connectivity index (χ1) is 4.12. The second-order valence-electron chi connectivity index (χ2n) is 2.49. The smallest absolute Gasteiger partial charge is 0.0119 e. The van der Waals surface area contributed by atoms with Gasteiger partial charge >= 0.3 is 0 Å². The molecule has 0 aromatic heterocycles. The van der Waals surface area contributed by atoms with Crippen LogP contribution in [0, 0.1) is 0 Å². The van der Waals surface area contributed by atoms with Crippen molar-refractivity contribution >= 4 is 0 Å². The molecule has 0 saturated heterocycles. The highest BCUT2D eigenvalue weighted by Gasteiger charge is 2.08. The van der Waals surface area contributed by atoms with Gasteiger partial charge in [0.2, 0.25) is 0 Å². The maximum Gasteiger partial charge on any atom is 0.0119 e. The third kappa shape index (κ3) is 7.96. The zero-order valence-corrected chi connectivity index (χ0v) is 7.71. The lowest BCUT2D eigenvalue weighted by Crippen LogP contribution is -2.34. The summed E-state index contributed by atoms with van der Waals surface area (Å²) in [6, 6.07) is 0. The molecule has 0 atom stereocenters. The Morgan fingerprint density at radius 3 is 1.56 bits per heavy atom. The predicted molar refractivity (Wildman–Crippen MR) is 44.8 cm³/mol. The predicted octanol–water partition coefficient (Wildman–Crippen LogP) is 2.42. The van der Waals surface area contributed by atoms with Crippen LogP contribution in [0.2, 0.25) is 0 Å². The summed E-state index contributed by atoms with van der Waals surface area (Å²) in [4.78, 5) is 0. The van der Waals surface area contributed by atoms with Crippen LogP contribution in [0.5, 0.6) is 0 Å². The van der Waals surface area contributed by atoms with Crippen LogP contribution in [0.3, 0.4) is 0 Å². The van der Waals surface area contributed by atoms with Gasteiger partial charge in [-0.1, -0.05) is 20.8 Å². The van der Waals surface area contributed by atoms with E-state index in [1.54, 1.807) is 0 Å². The first-order valence-electron chi connectivity index (χ1n) is 3.81. The molecule has 0 heterocycles. The van der Waals surface area contributed by atoms with Crippen LogP contribution in [-0.2, 0) is 0 Å². The van der Waals surface area contributed by atoms with Crippen molar-refractivity contribution in [2.45, 2.75) is 46.6 Å². The minimum atomic E-state index is 0.333. The van der Waals surface area contributed by atoms with Gasteiger partial charge in [0, 0.05) is 5.54 Å². The Labute approximate surface area is 59.8 Å². The fourth-order valence-corrected chi connectivity index (χ4v) is 0.177. The average molecular weight is 131 g/mol. The molecule has 0 aromatic rings. The van der Waals surface area contributed by atoms with Crippen molar-refractivity contribution in [2.75, 3.05) is 7.05 Å². The van der Waals surface area contributed by atoms with Crippen LogP contribution in [0.4, 0.5) is 0 Å². The number of rotatable bonds is 2. The summed E-state index contributed by atoms with van der Waals surface area (Å²) in [6.07, 6.45) is 1.18. The largest absolute Gasteiger partial charge is 0.315 e. The molecule has 0 amide bonds. The standard InChI is InChI=1S/C6H15N.C2H6/c1-5-6(2,3)7-4;1-2/h7H,5H2,1-4H3;1-2H3. The lowest BCUT2D eigenvalue weighted by Gasteiger charge is -2.20. The monoisotopic (exact) mass is 131 g/mol. The van der Waals surface area contributed by atoms with E-state index in [1.165, 1.54) is 6.42 Å². The minimum absolute atomic E-state index is 0.333. The van der Waals surface area contributed by atoms with Gasteiger partial charge < -0.3 is 5.32 Å². The summed E-state index contributed by atoms with van der Waals surface area (Å²) >= 11 is 0. The van der Waals surface area contributed by atoms with E-state index >= 15 is 0 Å². The number of hydrogen-bond acceptors (Lipinski definition) is 1. The third-order valence-electron chi connectivity index (χ3n) is 1.56. The summed E-state index contributed by atoms with van der Waals surface area (Å²) in [5.74, 6) is 0. The summed E-state index contributed by atoms with van der Waals surface area (Å²) in [5, 5.41) is 3.19. The summed E-state index contributed by atoms with van der Waals surface area (Å²) < 4.78 is 0. The molecule has 0 fully saturated rings. The molecule has 0 radical (unpaired) electrons. The minimum Gasteiger partial charge on any atom is -0.315 e. The molecule has 0 aromatic carbocycles. The zero-order chi connectivity index (χ0) is 7.91. The Balaban J connectivity index is 0. The molecule has 1 N–H and O–H groups in total. The Bertz CT molecular complexity index is 42.5. The van der Waals surface area contributed by atoms with Crippen molar-refractivity contribution in [1.82, 2.24) is 5.32 Å². The lowest BCUT2D eigenvalue weighted by atomic mass is 10.0. The first kappa shape index (κ1) is 11.7. The van der Waals surface area contributed by atoms with Crippen molar-refractivity contribution in [3.8, 4) is 0 Å². The van der Waals surface area contributed by atoms with Crippen LogP contribution in [0.15, 0.2) is 0 Å². The van der Waals surface area contributed by atoms with E-state index in [1.807, 2.05) is 20.9 Å². The first-order valence-corrected chi connectivity index (χ1v) is 3.81. The van der Waals surface area contributed by atoms with Gasteiger partial charge in [-0.25, -0.2) is 0 Å². The Morgan fingerprint density at radius 1 is 1.22 bits per heavy atom. The van der Waals surface area contributed by atoms with E-state index in [9.17, 15) is 0 Å². The van der Waals surface area contributed by atoms with Gasteiger partial charge in [0.15, 0.2) is 0 Å². The highest BCUT2D eigenvalue weighted by Crippen LogP contribution is 2.03. The molecule has 0 aliphatic heterocycles. The maximum atomic E-state index is 3.19. The molecule has 0 rings (SSSR count). The van der Waals surface area contributed by atoms with Crippen molar-refractivity contribution in [2.24, 2.45) is 0 Å². The summed E-state index contributed by atoms with van der Waals surface area (Å²) in [5.41, 5.74) is 0.333. The molecule has 58 valence electrons.